The molecule has 5 nitrogen and oxygen atoms in total. The third-order valence-electron chi connectivity index (χ3n) is 2.31. The maximum Gasteiger partial charge on any atom is 0.261 e. The van der Waals surface area contributed by atoms with Crippen LogP contribution in [0.4, 0.5) is 5.00 Å². The van der Waals surface area contributed by atoms with Crippen LogP contribution in [0.1, 0.15) is 25.3 Å². The van der Waals surface area contributed by atoms with Crippen molar-refractivity contribution >= 4 is 16.3 Å². The van der Waals surface area contributed by atoms with E-state index in [4.69, 9.17) is 15.0 Å². The van der Waals surface area contributed by atoms with Crippen molar-refractivity contribution in [1.29, 1.82) is 0 Å². The van der Waals surface area contributed by atoms with Crippen LogP contribution >= 0.6 is 11.3 Å². The summed E-state index contributed by atoms with van der Waals surface area (Å²) in [4.78, 5) is 4.28. The lowest BCUT2D eigenvalue weighted by molar-refractivity contribution is 0.0903. The standard InChI is InChI=1S/C10H13N3O2S/c1-3-7(14-2)9-12-10(15-13-9)6-4-5-16-8(6)11/h4-5,7H,3,11H2,1-2H3. The molecule has 0 bridgehead atoms. The third-order valence-corrected chi connectivity index (χ3v) is 3.06. The molecule has 0 aliphatic carbocycles. The van der Waals surface area contributed by atoms with Gasteiger partial charge in [-0.05, 0) is 17.9 Å². The summed E-state index contributed by atoms with van der Waals surface area (Å²) >= 11 is 1.45. The topological polar surface area (TPSA) is 74.2 Å². The van der Waals surface area contributed by atoms with E-state index in [1.165, 1.54) is 11.3 Å². The van der Waals surface area contributed by atoms with Crippen LogP contribution in [-0.2, 0) is 4.74 Å². The van der Waals surface area contributed by atoms with Crippen LogP contribution in [0, 0.1) is 0 Å². The Labute approximate surface area is 97.2 Å². The number of aromatic nitrogens is 2. The number of nitrogens with zero attached hydrogens (tertiary/aromatic N) is 2. The molecule has 0 radical (unpaired) electrons. The Kier molecular flexibility index (Phi) is 3.21. The normalized spacial score (nSPS) is 12.9. The van der Waals surface area contributed by atoms with Crippen LogP contribution in [0.25, 0.3) is 11.5 Å². The summed E-state index contributed by atoms with van der Waals surface area (Å²) < 4.78 is 10.4. The molecule has 0 saturated heterocycles. The van der Waals surface area contributed by atoms with E-state index in [-0.39, 0.29) is 6.10 Å². The number of anilines is 1. The van der Waals surface area contributed by atoms with Crippen LogP contribution in [0.15, 0.2) is 16.0 Å². The van der Waals surface area contributed by atoms with E-state index in [0.717, 1.165) is 12.0 Å². The molecule has 2 heterocycles. The van der Waals surface area contributed by atoms with E-state index in [1.807, 2.05) is 18.4 Å². The largest absolute Gasteiger partial charge is 0.390 e. The molecule has 0 saturated carbocycles. The lowest BCUT2D eigenvalue weighted by Crippen LogP contribution is -2.01. The molecule has 0 amide bonds. The fourth-order valence-corrected chi connectivity index (χ4v) is 2.06. The molecule has 1 atom stereocenters. The van der Waals surface area contributed by atoms with Gasteiger partial charge in [-0.25, -0.2) is 0 Å². The molecule has 2 aromatic heterocycles. The highest BCUT2D eigenvalue weighted by Gasteiger charge is 2.18. The molecular weight excluding hydrogens is 226 g/mol. The Bertz CT molecular complexity index is 462. The van der Waals surface area contributed by atoms with Crippen molar-refractivity contribution in [1.82, 2.24) is 10.1 Å². The molecule has 0 spiro atoms. The first-order chi connectivity index (χ1) is 7.76. The zero-order valence-corrected chi connectivity index (χ0v) is 9.95. The van der Waals surface area contributed by atoms with Crippen molar-refractivity contribution in [3.8, 4) is 11.5 Å². The molecule has 16 heavy (non-hydrogen) atoms. The lowest BCUT2D eigenvalue weighted by atomic mass is 10.2. The van der Waals surface area contributed by atoms with Gasteiger partial charge < -0.3 is 15.0 Å². The zero-order chi connectivity index (χ0) is 11.5. The maximum absolute atomic E-state index is 5.78. The van der Waals surface area contributed by atoms with Gasteiger partial charge in [-0.2, -0.15) is 4.98 Å². The van der Waals surface area contributed by atoms with E-state index in [9.17, 15) is 0 Å². The fourth-order valence-electron chi connectivity index (χ4n) is 1.43. The molecule has 0 aromatic carbocycles. The summed E-state index contributed by atoms with van der Waals surface area (Å²) in [7, 11) is 1.63. The van der Waals surface area contributed by atoms with E-state index in [2.05, 4.69) is 10.1 Å². The molecule has 1 unspecified atom stereocenters. The minimum atomic E-state index is -0.127. The van der Waals surface area contributed by atoms with Crippen molar-refractivity contribution < 1.29 is 9.26 Å². The first-order valence-electron chi connectivity index (χ1n) is 4.96. The van der Waals surface area contributed by atoms with Crippen molar-refractivity contribution in [2.45, 2.75) is 19.4 Å². The van der Waals surface area contributed by atoms with Crippen LogP contribution in [0.5, 0.6) is 0 Å². The number of ether oxygens (including phenoxy) is 1. The molecular formula is C10H13N3O2S. The van der Waals surface area contributed by atoms with Crippen molar-refractivity contribution in [2.75, 3.05) is 12.8 Å². The van der Waals surface area contributed by atoms with Crippen LogP contribution < -0.4 is 5.73 Å². The van der Waals surface area contributed by atoms with Crippen LogP contribution in [-0.4, -0.2) is 17.3 Å². The number of nitrogens with two attached hydrogens (primary N) is 1. The number of thiophene rings is 1. The molecule has 2 N–H and O–H groups in total. The summed E-state index contributed by atoms with van der Waals surface area (Å²) in [6, 6.07) is 1.87. The molecule has 86 valence electrons. The summed E-state index contributed by atoms with van der Waals surface area (Å²) in [5, 5.41) is 6.47. The molecule has 0 aliphatic rings. The Balaban J connectivity index is 2.29. The summed E-state index contributed by atoms with van der Waals surface area (Å²) in [6.07, 6.45) is 0.673. The van der Waals surface area contributed by atoms with Crippen molar-refractivity contribution in [3.05, 3.63) is 17.3 Å². The average Bonchev–Trinajstić information content (AvgIpc) is 2.89. The summed E-state index contributed by atoms with van der Waals surface area (Å²) in [6.45, 7) is 2.00. The molecule has 0 fully saturated rings. The minimum Gasteiger partial charge on any atom is -0.390 e. The highest BCUT2D eigenvalue weighted by Crippen LogP contribution is 2.30. The van der Waals surface area contributed by atoms with E-state index >= 15 is 0 Å². The zero-order valence-electron chi connectivity index (χ0n) is 9.14. The number of hydrogen-bond donors (Lipinski definition) is 1. The highest BCUT2D eigenvalue weighted by atomic mass is 32.1. The summed E-state index contributed by atoms with van der Waals surface area (Å²) in [5.74, 6) is 1.01. The smallest absolute Gasteiger partial charge is 0.261 e. The lowest BCUT2D eigenvalue weighted by Gasteiger charge is -2.05. The average molecular weight is 239 g/mol. The monoisotopic (exact) mass is 239 g/mol. The second-order valence-electron chi connectivity index (χ2n) is 3.29. The Hall–Kier alpha value is -1.40. The number of hydrogen-bond acceptors (Lipinski definition) is 6. The van der Waals surface area contributed by atoms with Crippen LogP contribution in [0.2, 0.25) is 0 Å². The first kappa shape index (κ1) is 11.1. The second-order valence-corrected chi connectivity index (χ2v) is 4.24. The van der Waals surface area contributed by atoms with Gasteiger partial charge in [-0.15, -0.1) is 11.3 Å². The van der Waals surface area contributed by atoms with Gasteiger partial charge in [0.2, 0.25) is 5.82 Å². The quantitative estimate of drug-likeness (QED) is 0.887. The van der Waals surface area contributed by atoms with Gasteiger partial charge in [-0.1, -0.05) is 12.1 Å². The fraction of sp³-hybridized carbons (Fsp3) is 0.400. The summed E-state index contributed by atoms with van der Waals surface area (Å²) in [5.41, 5.74) is 6.57. The third kappa shape index (κ3) is 1.94. The van der Waals surface area contributed by atoms with Gasteiger partial charge in [0.1, 0.15) is 6.10 Å². The van der Waals surface area contributed by atoms with Gasteiger partial charge in [0.25, 0.3) is 5.89 Å². The number of nitrogen functional groups attached to an aromatic ring is 1. The van der Waals surface area contributed by atoms with Gasteiger partial charge in [0.15, 0.2) is 0 Å². The minimum absolute atomic E-state index is 0.127. The molecule has 2 rings (SSSR count). The maximum atomic E-state index is 5.78. The van der Waals surface area contributed by atoms with Gasteiger partial charge in [0, 0.05) is 7.11 Å². The number of methoxy groups -OCH3 is 1. The van der Waals surface area contributed by atoms with Crippen LogP contribution in [0.3, 0.4) is 0 Å². The Morgan fingerprint density at radius 2 is 2.44 bits per heavy atom. The second kappa shape index (κ2) is 4.63. The van der Waals surface area contributed by atoms with E-state index in [1.54, 1.807) is 7.11 Å². The predicted octanol–water partition coefficient (Wildman–Crippen LogP) is 2.48. The van der Waals surface area contributed by atoms with Crippen molar-refractivity contribution in [3.63, 3.8) is 0 Å². The Morgan fingerprint density at radius 1 is 1.62 bits per heavy atom. The SMILES string of the molecule is CCC(OC)c1noc(-c2ccsc2N)n1. The molecule has 6 heteroatoms. The van der Waals surface area contributed by atoms with E-state index < -0.39 is 0 Å². The van der Waals surface area contributed by atoms with Gasteiger partial charge >= 0.3 is 0 Å². The van der Waals surface area contributed by atoms with Gasteiger partial charge in [-0.3, -0.25) is 0 Å². The van der Waals surface area contributed by atoms with Crippen molar-refractivity contribution in [2.24, 2.45) is 0 Å². The molecule has 2 aromatic rings. The molecule has 0 aliphatic heterocycles. The Morgan fingerprint density at radius 3 is 3.00 bits per heavy atom. The van der Waals surface area contributed by atoms with E-state index in [0.29, 0.717) is 16.7 Å². The predicted molar refractivity (Wildman–Crippen MR) is 62.1 cm³/mol. The van der Waals surface area contributed by atoms with Gasteiger partial charge in [0.05, 0.1) is 10.6 Å². The first-order valence-corrected chi connectivity index (χ1v) is 5.84. The highest BCUT2D eigenvalue weighted by molar-refractivity contribution is 7.14. The number of rotatable bonds is 4.